The van der Waals surface area contributed by atoms with Gasteiger partial charge in [0.25, 0.3) is 0 Å². The van der Waals surface area contributed by atoms with Crippen molar-refractivity contribution in [1.82, 2.24) is 40.3 Å². The lowest BCUT2D eigenvalue weighted by Gasteiger charge is -2.47. The Balaban J connectivity index is 1.17. The fraction of sp³-hybridized carbons (Fsp3) is 0.524. The molecule has 0 bridgehead atoms. The maximum Gasteiger partial charge on any atom is 0.336 e. The second-order valence-corrected chi connectivity index (χ2v) is 8.48. The van der Waals surface area contributed by atoms with Crippen LogP contribution in [0, 0.1) is 0 Å². The summed E-state index contributed by atoms with van der Waals surface area (Å²) < 4.78 is 6.65. The van der Waals surface area contributed by atoms with E-state index in [0.29, 0.717) is 17.9 Å². The van der Waals surface area contributed by atoms with Crippen LogP contribution in [0.1, 0.15) is 25.3 Å². The van der Waals surface area contributed by atoms with Gasteiger partial charge in [0, 0.05) is 38.9 Å². The molecule has 2 aromatic rings. The molecule has 1 N–H and O–H groups in total. The van der Waals surface area contributed by atoms with Gasteiger partial charge in [-0.1, -0.05) is 6.07 Å². The van der Waals surface area contributed by atoms with Gasteiger partial charge in [-0.15, -0.1) is 5.10 Å². The topological polar surface area (TPSA) is 118 Å². The number of pyridine rings is 1. The summed E-state index contributed by atoms with van der Waals surface area (Å²) in [6, 6.07) is 3.95. The summed E-state index contributed by atoms with van der Waals surface area (Å²) in [5, 5.41) is 14.6. The lowest BCUT2D eigenvalue weighted by molar-refractivity contribution is -0.142. The lowest BCUT2D eigenvalue weighted by atomic mass is 9.84. The fourth-order valence-corrected chi connectivity index (χ4v) is 4.65. The highest BCUT2D eigenvalue weighted by Crippen LogP contribution is 2.31. The first-order valence-electron chi connectivity index (χ1n) is 10.9. The van der Waals surface area contributed by atoms with Crippen LogP contribution in [-0.2, 0) is 20.7 Å². The number of carbonyl (C=O) groups is 2. The maximum atomic E-state index is 13.4. The normalized spacial score (nSPS) is 21.5. The van der Waals surface area contributed by atoms with Crippen LogP contribution in [0.5, 0.6) is 0 Å². The number of nitrogens with zero attached hydrogens (tertiary/aromatic N) is 7. The fourth-order valence-electron chi connectivity index (χ4n) is 4.65. The number of carbonyl (C=O) groups excluding carboxylic acids is 2. The van der Waals surface area contributed by atoms with E-state index in [-0.39, 0.29) is 18.5 Å². The van der Waals surface area contributed by atoms with Crippen molar-refractivity contribution in [1.29, 1.82) is 0 Å². The highest BCUT2D eigenvalue weighted by Gasteiger charge is 2.47. The van der Waals surface area contributed by atoms with Gasteiger partial charge in [0.05, 0.1) is 11.3 Å². The number of aromatic nitrogens is 5. The van der Waals surface area contributed by atoms with Crippen molar-refractivity contribution in [2.45, 2.75) is 31.7 Å². The van der Waals surface area contributed by atoms with E-state index in [4.69, 9.17) is 4.74 Å². The van der Waals surface area contributed by atoms with Crippen molar-refractivity contribution in [3.63, 3.8) is 0 Å². The van der Waals surface area contributed by atoms with Gasteiger partial charge in [-0.3, -0.25) is 4.79 Å². The average molecular weight is 438 g/mol. The molecule has 32 heavy (non-hydrogen) atoms. The molecule has 3 aliphatic rings. The van der Waals surface area contributed by atoms with Gasteiger partial charge in [0.1, 0.15) is 18.5 Å². The molecule has 0 radical (unpaired) electrons. The Hall–Kier alpha value is -3.18. The number of esters is 1. The molecule has 2 aromatic heterocycles. The Morgan fingerprint density at radius 3 is 2.69 bits per heavy atom. The van der Waals surface area contributed by atoms with E-state index in [1.165, 1.54) is 11.0 Å². The Labute approximate surface area is 185 Å². The summed E-state index contributed by atoms with van der Waals surface area (Å²) in [4.78, 5) is 33.7. The van der Waals surface area contributed by atoms with Gasteiger partial charge < -0.3 is 19.9 Å². The Kier molecular flexibility index (Phi) is 5.43. The van der Waals surface area contributed by atoms with Crippen molar-refractivity contribution in [2.75, 3.05) is 39.3 Å². The number of nitrogens with one attached hydrogen (secondary N) is 1. The van der Waals surface area contributed by atoms with Gasteiger partial charge in [-0.05, 0) is 48.2 Å². The summed E-state index contributed by atoms with van der Waals surface area (Å²) in [5.41, 5.74) is 1.87. The largest absolute Gasteiger partial charge is 0.456 e. The van der Waals surface area contributed by atoms with Crippen molar-refractivity contribution in [3.8, 4) is 5.82 Å². The third-order valence-corrected chi connectivity index (χ3v) is 6.68. The predicted octanol–water partition coefficient (Wildman–Crippen LogP) is -0.303. The lowest BCUT2D eigenvalue weighted by Crippen LogP contribution is -2.67. The molecule has 5 heterocycles. The minimum atomic E-state index is -0.553. The smallest absolute Gasteiger partial charge is 0.336 e. The van der Waals surface area contributed by atoms with Gasteiger partial charge in [0.2, 0.25) is 5.91 Å². The number of amides is 1. The molecule has 5 rings (SSSR count). The summed E-state index contributed by atoms with van der Waals surface area (Å²) >= 11 is 0. The third-order valence-electron chi connectivity index (χ3n) is 6.68. The maximum absolute atomic E-state index is 13.4. The number of piperazine rings is 1. The summed E-state index contributed by atoms with van der Waals surface area (Å²) in [7, 11) is 0. The van der Waals surface area contributed by atoms with E-state index in [1.54, 1.807) is 11.8 Å². The number of ether oxygens (including phenoxy) is 1. The van der Waals surface area contributed by atoms with Crippen LogP contribution in [0.3, 0.4) is 0 Å². The second-order valence-electron chi connectivity index (χ2n) is 8.48. The quantitative estimate of drug-likeness (QED) is 0.628. The SMILES string of the molecule is CC1=C(N2CCNC3(CCN(CCc4ccc(-n5cnnn5)nc4)CC3)C2=O)COC1=O. The number of rotatable bonds is 5. The first-order valence-corrected chi connectivity index (χ1v) is 10.9. The molecule has 1 amide bonds. The van der Waals surface area contributed by atoms with Crippen molar-refractivity contribution < 1.29 is 14.3 Å². The number of hydrogen-bond acceptors (Lipinski definition) is 9. The summed E-state index contributed by atoms with van der Waals surface area (Å²) in [5.74, 6) is 0.430. The zero-order valence-electron chi connectivity index (χ0n) is 18.0. The molecule has 0 unspecified atom stereocenters. The van der Waals surface area contributed by atoms with Crippen LogP contribution in [-0.4, -0.2) is 91.7 Å². The molecule has 11 nitrogen and oxygen atoms in total. The predicted molar refractivity (Wildman–Crippen MR) is 112 cm³/mol. The molecule has 0 atom stereocenters. The summed E-state index contributed by atoms with van der Waals surface area (Å²) in [6.45, 7) is 5.81. The molecule has 0 aromatic carbocycles. The van der Waals surface area contributed by atoms with E-state index < -0.39 is 5.54 Å². The van der Waals surface area contributed by atoms with Crippen molar-refractivity contribution in [2.24, 2.45) is 0 Å². The standard InChI is InChI=1S/C21H26N8O3/c1-15-17(13-32-19(15)30)28-11-7-23-21(20(28)31)5-9-27(10-6-21)8-4-16-2-3-18(22-12-16)29-14-24-25-26-29/h2-3,12,14,23H,4-11,13H2,1H3. The molecule has 168 valence electrons. The second kappa shape index (κ2) is 8.40. The average Bonchev–Trinajstić information content (AvgIpc) is 3.47. The van der Waals surface area contributed by atoms with Crippen LogP contribution < -0.4 is 5.32 Å². The monoisotopic (exact) mass is 438 g/mol. The molecular formula is C21H26N8O3. The van der Waals surface area contributed by atoms with E-state index >= 15 is 0 Å². The Bertz CT molecular complexity index is 1030. The zero-order chi connectivity index (χ0) is 22.1. The zero-order valence-corrected chi connectivity index (χ0v) is 18.0. The molecule has 0 aliphatic carbocycles. The number of tetrazole rings is 1. The van der Waals surface area contributed by atoms with Crippen molar-refractivity contribution >= 4 is 11.9 Å². The van der Waals surface area contributed by atoms with Crippen LogP contribution in [0.2, 0.25) is 0 Å². The molecular weight excluding hydrogens is 412 g/mol. The highest BCUT2D eigenvalue weighted by atomic mass is 16.5. The minimum absolute atomic E-state index is 0.0680. The first kappa shape index (κ1) is 20.7. The molecule has 2 fully saturated rings. The molecule has 3 aliphatic heterocycles. The van der Waals surface area contributed by atoms with Crippen LogP contribution >= 0.6 is 0 Å². The van der Waals surface area contributed by atoms with E-state index in [9.17, 15) is 9.59 Å². The number of hydrogen-bond donors (Lipinski definition) is 1. The number of piperidine rings is 1. The Morgan fingerprint density at radius 2 is 2.03 bits per heavy atom. The van der Waals surface area contributed by atoms with Crippen LogP contribution in [0.25, 0.3) is 5.82 Å². The third kappa shape index (κ3) is 3.78. The molecule has 11 heteroatoms. The minimum Gasteiger partial charge on any atom is -0.456 e. The van der Waals surface area contributed by atoms with Crippen LogP contribution in [0.15, 0.2) is 35.9 Å². The number of cyclic esters (lactones) is 1. The van der Waals surface area contributed by atoms with E-state index in [2.05, 4.69) is 30.7 Å². The van der Waals surface area contributed by atoms with Gasteiger partial charge >= 0.3 is 5.97 Å². The van der Waals surface area contributed by atoms with Crippen LogP contribution in [0.4, 0.5) is 0 Å². The number of likely N-dealkylation sites (tertiary alicyclic amines) is 1. The first-order chi connectivity index (χ1) is 15.6. The summed E-state index contributed by atoms with van der Waals surface area (Å²) in [6.07, 6.45) is 5.76. The van der Waals surface area contributed by atoms with Gasteiger partial charge in [-0.25, -0.2) is 9.78 Å². The highest BCUT2D eigenvalue weighted by molar-refractivity contribution is 5.94. The Morgan fingerprint density at radius 1 is 1.19 bits per heavy atom. The van der Waals surface area contributed by atoms with Gasteiger partial charge in [-0.2, -0.15) is 4.68 Å². The van der Waals surface area contributed by atoms with Crippen molar-refractivity contribution in [3.05, 3.63) is 41.5 Å². The van der Waals surface area contributed by atoms with E-state index in [1.807, 2.05) is 18.3 Å². The molecule has 0 saturated carbocycles. The molecule has 1 spiro atoms. The molecule has 2 saturated heterocycles. The van der Waals surface area contributed by atoms with Gasteiger partial charge in [0.15, 0.2) is 5.82 Å². The van der Waals surface area contributed by atoms with E-state index in [0.717, 1.165) is 56.7 Å².